The third-order valence-corrected chi connectivity index (χ3v) is 5.50. The summed E-state index contributed by atoms with van der Waals surface area (Å²) in [5, 5.41) is 11.0. The van der Waals surface area contributed by atoms with Crippen LogP contribution in [0.3, 0.4) is 0 Å². The van der Waals surface area contributed by atoms with Crippen LogP contribution >= 0.6 is 0 Å². The van der Waals surface area contributed by atoms with E-state index in [2.05, 4.69) is 35.2 Å². The van der Waals surface area contributed by atoms with E-state index in [1.807, 2.05) is 30.3 Å². The molecule has 1 saturated carbocycles. The number of benzene rings is 2. The first-order valence-corrected chi connectivity index (χ1v) is 8.91. The predicted molar refractivity (Wildman–Crippen MR) is 93.1 cm³/mol. The van der Waals surface area contributed by atoms with Gasteiger partial charge in [0.15, 0.2) is 0 Å². The van der Waals surface area contributed by atoms with E-state index < -0.39 is 6.10 Å². The molecule has 0 spiro atoms. The Bertz CT molecular complexity index is 621. The quantitative estimate of drug-likeness (QED) is 0.842. The standard InChI is InChI=1S/C21H25NO/c23-21(17-12-6-2-7-13-17)20-19(16-10-4-1-5-11-16)22(20)18-14-8-3-9-15-18/h1-2,4-7,10-13,18-21,23H,3,8-9,14-15H2/t19-,20-,21-,22?/m1/s1. The van der Waals surface area contributed by atoms with Crippen molar-refractivity contribution in [1.29, 1.82) is 0 Å². The van der Waals surface area contributed by atoms with Gasteiger partial charge in [-0.1, -0.05) is 79.9 Å². The van der Waals surface area contributed by atoms with Gasteiger partial charge < -0.3 is 5.11 Å². The maximum absolute atomic E-state index is 11.0. The molecular formula is C21H25NO. The van der Waals surface area contributed by atoms with E-state index in [1.54, 1.807) is 0 Å². The number of aliphatic hydroxyl groups excluding tert-OH is 1. The topological polar surface area (TPSA) is 23.2 Å². The Kier molecular flexibility index (Phi) is 4.19. The Morgan fingerprint density at radius 2 is 1.43 bits per heavy atom. The molecule has 120 valence electrons. The molecule has 2 aromatic carbocycles. The maximum Gasteiger partial charge on any atom is 0.0964 e. The Morgan fingerprint density at radius 1 is 0.826 bits per heavy atom. The van der Waals surface area contributed by atoms with Crippen LogP contribution in [-0.4, -0.2) is 22.1 Å². The van der Waals surface area contributed by atoms with E-state index >= 15 is 0 Å². The minimum atomic E-state index is -0.400. The molecule has 2 aliphatic rings. The lowest BCUT2D eigenvalue weighted by Gasteiger charge is -2.25. The monoisotopic (exact) mass is 307 g/mol. The van der Waals surface area contributed by atoms with E-state index in [0.717, 1.165) is 5.56 Å². The molecule has 1 aliphatic carbocycles. The molecule has 0 amide bonds. The minimum Gasteiger partial charge on any atom is -0.387 e. The zero-order valence-corrected chi connectivity index (χ0v) is 13.5. The smallest absolute Gasteiger partial charge is 0.0964 e. The van der Waals surface area contributed by atoms with Gasteiger partial charge in [0.25, 0.3) is 0 Å². The van der Waals surface area contributed by atoms with Crippen LogP contribution < -0.4 is 0 Å². The molecule has 1 aliphatic heterocycles. The molecular weight excluding hydrogens is 282 g/mol. The summed E-state index contributed by atoms with van der Waals surface area (Å²) in [5.41, 5.74) is 2.38. The number of nitrogens with zero attached hydrogens (tertiary/aromatic N) is 1. The number of hydrogen-bond acceptors (Lipinski definition) is 2. The van der Waals surface area contributed by atoms with Crippen molar-refractivity contribution in [2.75, 3.05) is 0 Å². The third-order valence-electron chi connectivity index (χ3n) is 5.50. The number of rotatable bonds is 4. The van der Waals surface area contributed by atoms with E-state index in [-0.39, 0.29) is 6.04 Å². The van der Waals surface area contributed by atoms with Crippen LogP contribution in [0, 0.1) is 0 Å². The van der Waals surface area contributed by atoms with Crippen LogP contribution in [0.15, 0.2) is 60.7 Å². The first kappa shape index (κ1) is 14.9. The first-order valence-electron chi connectivity index (χ1n) is 8.91. The lowest BCUT2D eigenvalue weighted by molar-refractivity contribution is 0.142. The average molecular weight is 307 g/mol. The van der Waals surface area contributed by atoms with E-state index in [4.69, 9.17) is 0 Å². The zero-order chi connectivity index (χ0) is 15.6. The second-order valence-electron chi connectivity index (χ2n) is 6.94. The van der Waals surface area contributed by atoms with Crippen molar-refractivity contribution in [3.63, 3.8) is 0 Å². The summed E-state index contributed by atoms with van der Waals surface area (Å²) in [4.78, 5) is 2.58. The summed E-state index contributed by atoms with van der Waals surface area (Å²) >= 11 is 0. The number of hydrogen-bond donors (Lipinski definition) is 1. The normalized spacial score (nSPS) is 29.2. The van der Waals surface area contributed by atoms with Gasteiger partial charge in [0.05, 0.1) is 18.2 Å². The van der Waals surface area contributed by atoms with Gasteiger partial charge >= 0.3 is 0 Å². The molecule has 4 rings (SSSR count). The van der Waals surface area contributed by atoms with Gasteiger partial charge in [-0.05, 0) is 24.0 Å². The fraction of sp³-hybridized carbons (Fsp3) is 0.429. The van der Waals surface area contributed by atoms with E-state index in [1.165, 1.54) is 37.7 Å². The highest BCUT2D eigenvalue weighted by molar-refractivity contribution is 5.32. The Morgan fingerprint density at radius 3 is 2.09 bits per heavy atom. The highest BCUT2D eigenvalue weighted by Gasteiger charge is 2.55. The molecule has 0 aromatic heterocycles. The van der Waals surface area contributed by atoms with Crippen LogP contribution in [0.25, 0.3) is 0 Å². The Labute approximate surface area is 138 Å². The van der Waals surface area contributed by atoms with Crippen molar-refractivity contribution in [2.45, 2.75) is 56.3 Å². The van der Waals surface area contributed by atoms with Crippen LogP contribution in [0.5, 0.6) is 0 Å². The molecule has 2 aromatic rings. The molecule has 1 unspecified atom stereocenters. The highest BCUT2D eigenvalue weighted by Crippen LogP contribution is 2.52. The molecule has 4 atom stereocenters. The van der Waals surface area contributed by atoms with Crippen molar-refractivity contribution < 1.29 is 5.11 Å². The van der Waals surface area contributed by atoms with Crippen molar-refractivity contribution in [3.8, 4) is 0 Å². The third kappa shape index (κ3) is 2.93. The summed E-state index contributed by atoms with van der Waals surface area (Å²) in [5.74, 6) is 0. The van der Waals surface area contributed by atoms with Crippen LogP contribution in [0.2, 0.25) is 0 Å². The zero-order valence-electron chi connectivity index (χ0n) is 13.5. The summed E-state index contributed by atoms with van der Waals surface area (Å²) in [6, 6.07) is 22.1. The maximum atomic E-state index is 11.0. The minimum absolute atomic E-state index is 0.225. The van der Waals surface area contributed by atoms with Gasteiger partial charge in [-0.2, -0.15) is 0 Å². The van der Waals surface area contributed by atoms with Gasteiger partial charge in [-0.25, -0.2) is 0 Å². The van der Waals surface area contributed by atoms with Gasteiger partial charge in [-0.15, -0.1) is 0 Å². The molecule has 1 heterocycles. The first-order chi connectivity index (χ1) is 11.4. The fourth-order valence-electron chi connectivity index (χ4n) is 4.32. The fourth-order valence-corrected chi connectivity index (χ4v) is 4.32. The molecule has 2 nitrogen and oxygen atoms in total. The predicted octanol–water partition coefficient (Wildman–Crippen LogP) is 4.48. The average Bonchev–Trinajstić information content (AvgIpc) is 3.39. The lowest BCUT2D eigenvalue weighted by Crippen LogP contribution is -2.25. The molecule has 1 N–H and O–H groups in total. The second-order valence-corrected chi connectivity index (χ2v) is 6.94. The molecule has 0 radical (unpaired) electrons. The Balaban J connectivity index is 1.60. The summed E-state index contributed by atoms with van der Waals surface area (Å²) in [7, 11) is 0. The van der Waals surface area contributed by atoms with Crippen LogP contribution in [0.4, 0.5) is 0 Å². The largest absolute Gasteiger partial charge is 0.387 e. The lowest BCUT2D eigenvalue weighted by atomic mass is 9.95. The van der Waals surface area contributed by atoms with Gasteiger partial charge in [0.1, 0.15) is 0 Å². The molecule has 2 fully saturated rings. The molecule has 23 heavy (non-hydrogen) atoms. The summed E-state index contributed by atoms with van der Waals surface area (Å²) < 4.78 is 0. The Hall–Kier alpha value is -1.64. The van der Waals surface area contributed by atoms with Crippen LogP contribution in [-0.2, 0) is 0 Å². The summed E-state index contributed by atoms with van der Waals surface area (Å²) in [6.07, 6.45) is 6.19. The summed E-state index contributed by atoms with van der Waals surface area (Å²) in [6.45, 7) is 0. The number of aliphatic hydroxyl groups is 1. The molecule has 1 saturated heterocycles. The SMILES string of the molecule is O[C@H](c1ccccc1)[C@H]1[C@@H](c2ccccc2)N1C1CCCCC1. The van der Waals surface area contributed by atoms with E-state index in [9.17, 15) is 5.11 Å². The van der Waals surface area contributed by atoms with Crippen molar-refractivity contribution in [3.05, 3.63) is 71.8 Å². The van der Waals surface area contributed by atoms with Crippen molar-refractivity contribution in [1.82, 2.24) is 4.90 Å². The highest BCUT2D eigenvalue weighted by atomic mass is 16.3. The van der Waals surface area contributed by atoms with Crippen molar-refractivity contribution >= 4 is 0 Å². The second kappa shape index (κ2) is 6.46. The van der Waals surface area contributed by atoms with Crippen molar-refractivity contribution in [2.24, 2.45) is 0 Å². The molecule has 0 bridgehead atoms. The van der Waals surface area contributed by atoms with Gasteiger partial charge in [0, 0.05) is 6.04 Å². The molecule has 2 heteroatoms. The van der Waals surface area contributed by atoms with E-state index in [0.29, 0.717) is 12.1 Å². The van der Waals surface area contributed by atoms with Gasteiger partial charge in [-0.3, -0.25) is 4.90 Å². The van der Waals surface area contributed by atoms with Crippen LogP contribution in [0.1, 0.15) is 55.4 Å². The van der Waals surface area contributed by atoms with Gasteiger partial charge in [0.2, 0.25) is 0 Å².